The number of imide groups is 1. The van der Waals surface area contributed by atoms with Gasteiger partial charge in [-0.15, -0.1) is 0 Å². The van der Waals surface area contributed by atoms with Gasteiger partial charge in [-0.3, -0.25) is 14.5 Å². The van der Waals surface area contributed by atoms with Crippen LogP contribution in [0.15, 0.2) is 30.3 Å². The standard InChI is InChI=1S/C12H15NO2.H2S/c1-2-3-9-13(10-14)12(15)11-7-5-4-6-8-11;/h4-8,10H,2-3,9H2,1H3;1H2. The van der Waals surface area contributed by atoms with Gasteiger partial charge in [0.1, 0.15) is 0 Å². The first-order chi connectivity index (χ1) is 7.29. The number of benzene rings is 1. The van der Waals surface area contributed by atoms with Gasteiger partial charge in [-0.25, -0.2) is 0 Å². The summed E-state index contributed by atoms with van der Waals surface area (Å²) in [5, 5.41) is 0. The first-order valence-electron chi connectivity index (χ1n) is 5.11. The second kappa shape index (κ2) is 7.93. The highest BCUT2D eigenvalue weighted by Gasteiger charge is 2.13. The van der Waals surface area contributed by atoms with Crippen molar-refractivity contribution in [1.29, 1.82) is 0 Å². The highest BCUT2D eigenvalue weighted by Crippen LogP contribution is 2.04. The van der Waals surface area contributed by atoms with E-state index in [1.807, 2.05) is 13.0 Å². The highest BCUT2D eigenvalue weighted by atomic mass is 32.1. The van der Waals surface area contributed by atoms with Gasteiger partial charge in [-0.05, 0) is 18.6 Å². The van der Waals surface area contributed by atoms with Crippen molar-refractivity contribution in [1.82, 2.24) is 4.90 Å². The summed E-state index contributed by atoms with van der Waals surface area (Å²) in [4.78, 5) is 23.7. The van der Waals surface area contributed by atoms with Crippen LogP contribution in [0.5, 0.6) is 0 Å². The molecule has 4 heteroatoms. The second-order valence-electron chi connectivity index (χ2n) is 3.32. The molecule has 0 N–H and O–H groups in total. The minimum absolute atomic E-state index is 0. The lowest BCUT2D eigenvalue weighted by atomic mass is 10.2. The van der Waals surface area contributed by atoms with Crippen molar-refractivity contribution in [2.45, 2.75) is 19.8 Å². The average molecular weight is 239 g/mol. The fraction of sp³-hybridized carbons (Fsp3) is 0.333. The Morgan fingerprint density at radius 1 is 1.31 bits per heavy atom. The van der Waals surface area contributed by atoms with Crippen LogP contribution in [-0.4, -0.2) is 23.8 Å². The highest BCUT2D eigenvalue weighted by molar-refractivity contribution is 7.59. The maximum atomic E-state index is 11.8. The number of unbranched alkanes of at least 4 members (excludes halogenated alkanes) is 1. The van der Waals surface area contributed by atoms with Gasteiger partial charge in [-0.2, -0.15) is 13.5 Å². The van der Waals surface area contributed by atoms with E-state index in [0.717, 1.165) is 12.8 Å². The molecule has 0 aliphatic heterocycles. The molecule has 0 radical (unpaired) electrons. The summed E-state index contributed by atoms with van der Waals surface area (Å²) in [6.45, 7) is 2.52. The summed E-state index contributed by atoms with van der Waals surface area (Å²) in [5.74, 6) is -0.223. The Morgan fingerprint density at radius 2 is 1.94 bits per heavy atom. The Morgan fingerprint density at radius 3 is 2.44 bits per heavy atom. The smallest absolute Gasteiger partial charge is 0.260 e. The monoisotopic (exact) mass is 239 g/mol. The molecule has 3 nitrogen and oxygen atoms in total. The van der Waals surface area contributed by atoms with Crippen LogP contribution in [0.4, 0.5) is 0 Å². The predicted molar refractivity (Wildman–Crippen MR) is 68.8 cm³/mol. The fourth-order valence-electron chi connectivity index (χ4n) is 1.28. The maximum Gasteiger partial charge on any atom is 0.260 e. The van der Waals surface area contributed by atoms with Crippen molar-refractivity contribution in [3.05, 3.63) is 35.9 Å². The molecule has 0 bridgehead atoms. The van der Waals surface area contributed by atoms with Gasteiger partial charge >= 0.3 is 0 Å². The van der Waals surface area contributed by atoms with E-state index in [-0.39, 0.29) is 19.4 Å². The lowest BCUT2D eigenvalue weighted by Gasteiger charge is -2.14. The van der Waals surface area contributed by atoms with Gasteiger partial charge in [0, 0.05) is 12.1 Å². The van der Waals surface area contributed by atoms with E-state index < -0.39 is 0 Å². The third-order valence-electron chi connectivity index (χ3n) is 2.16. The summed E-state index contributed by atoms with van der Waals surface area (Å²) in [5.41, 5.74) is 0.556. The molecular weight excluding hydrogens is 222 g/mol. The maximum absolute atomic E-state index is 11.8. The summed E-state index contributed by atoms with van der Waals surface area (Å²) in [6.07, 6.45) is 2.41. The molecule has 0 saturated heterocycles. The molecule has 0 aromatic heterocycles. The molecule has 0 atom stereocenters. The first-order valence-corrected chi connectivity index (χ1v) is 5.11. The third-order valence-corrected chi connectivity index (χ3v) is 2.16. The van der Waals surface area contributed by atoms with Crippen LogP contribution in [0, 0.1) is 0 Å². The quantitative estimate of drug-likeness (QED) is 0.739. The molecule has 0 fully saturated rings. The lowest BCUT2D eigenvalue weighted by molar-refractivity contribution is -0.116. The molecule has 16 heavy (non-hydrogen) atoms. The number of hydrogen-bond donors (Lipinski definition) is 0. The summed E-state index contributed by atoms with van der Waals surface area (Å²) in [6, 6.07) is 8.84. The number of carbonyl (C=O) groups excluding carboxylic acids is 2. The van der Waals surface area contributed by atoms with Crippen LogP contribution >= 0.6 is 13.5 Å². The zero-order valence-corrected chi connectivity index (χ0v) is 10.3. The van der Waals surface area contributed by atoms with Gasteiger partial charge in [-0.1, -0.05) is 31.5 Å². The molecule has 0 heterocycles. The molecule has 1 rings (SSSR count). The van der Waals surface area contributed by atoms with E-state index in [1.165, 1.54) is 4.90 Å². The van der Waals surface area contributed by atoms with Crippen molar-refractivity contribution in [2.75, 3.05) is 6.54 Å². The van der Waals surface area contributed by atoms with E-state index in [1.54, 1.807) is 24.3 Å². The molecular formula is C12H17NO2S. The Labute approximate surface area is 103 Å². The minimum Gasteiger partial charge on any atom is -0.281 e. The van der Waals surface area contributed by atoms with Crippen LogP contribution in [0.2, 0.25) is 0 Å². The Kier molecular flexibility index (Phi) is 7.29. The molecule has 0 aliphatic rings. The van der Waals surface area contributed by atoms with E-state index >= 15 is 0 Å². The summed E-state index contributed by atoms with van der Waals surface area (Å²) < 4.78 is 0. The molecule has 2 amide bonds. The molecule has 1 aromatic carbocycles. The number of nitrogens with zero attached hydrogens (tertiary/aromatic N) is 1. The molecule has 0 saturated carbocycles. The van der Waals surface area contributed by atoms with Crippen molar-refractivity contribution >= 4 is 25.8 Å². The molecule has 1 aromatic rings. The van der Waals surface area contributed by atoms with Crippen molar-refractivity contribution in [2.24, 2.45) is 0 Å². The zero-order chi connectivity index (χ0) is 11.1. The van der Waals surface area contributed by atoms with Gasteiger partial charge in [0.15, 0.2) is 0 Å². The van der Waals surface area contributed by atoms with Crippen LogP contribution in [0.3, 0.4) is 0 Å². The molecule has 0 aliphatic carbocycles. The van der Waals surface area contributed by atoms with E-state index in [0.29, 0.717) is 18.5 Å². The van der Waals surface area contributed by atoms with Crippen LogP contribution in [0.25, 0.3) is 0 Å². The normalized spacial score (nSPS) is 9.06. The Hall–Kier alpha value is -1.29. The van der Waals surface area contributed by atoms with Crippen LogP contribution in [-0.2, 0) is 4.79 Å². The van der Waals surface area contributed by atoms with Crippen LogP contribution in [0.1, 0.15) is 30.1 Å². The SMILES string of the molecule is CCCCN(C=O)C(=O)c1ccccc1.S. The van der Waals surface area contributed by atoms with E-state index in [9.17, 15) is 9.59 Å². The second-order valence-corrected chi connectivity index (χ2v) is 3.32. The summed E-state index contributed by atoms with van der Waals surface area (Å²) >= 11 is 0. The van der Waals surface area contributed by atoms with Gasteiger partial charge in [0.2, 0.25) is 6.41 Å². The third kappa shape index (κ3) is 4.06. The number of amides is 2. The number of carbonyl (C=O) groups is 2. The molecule has 0 unspecified atom stereocenters. The molecule has 88 valence electrons. The van der Waals surface area contributed by atoms with Crippen LogP contribution < -0.4 is 0 Å². The van der Waals surface area contributed by atoms with Crippen molar-refractivity contribution < 1.29 is 9.59 Å². The van der Waals surface area contributed by atoms with Gasteiger partial charge in [0.05, 0.1) is 0 Å². The van der Waals surface area contributed by atoms with E-state index in [2.05, 4.69) is 0 Å². The Bertz CT molecular complexity index is 327. The molecule has 0 spiro atoms. The zero-order valence-electron chi connectivity index (χ0n) is 9.35. The van der Waals surface area contributed by atoms with Gasteiger partial charge < -0.3 is 0 Å². The van der Waals surface area contributed by atoms with Crippen molar-refractivity contribution in [3.63, 3.8) is 0 Å². The number of hydrogen-bond acceptors (Lipinski definition) is 2. The van der Waals surface area contributed by atoms with Gasteiger partial charge in [0.25, 0.3) is 5.91 Å². The largest absolute Gasteiger partial charge is 0.281 e. The predicted octanol–water partition coefficient (Wildman–Crippen LogP) is 2.20. The average Bonchev–Trinajstić information content (AvgIpc) is 2.31. The minimum atomic E-state index is -0.223. The Balaban J connectivity index is 0.00000225. The van der Waals surface area contributed by atoms with E-state index in [4.69, 9.17) is 0 Å². The summed E-state index contributed by atoms with van der Waals surface area (Å²) in [7, 11) is 0. The lowest BCUT2D eigenvalue weighted by Crippen LogP contribution is -2.30. The first kappa shape index (κ1) is 14.7. The topological polar surface area (TPSA) is 37.4 Å². The number of rotatable bonds is 5. The fourth-order valence-corrected chi connectivity index (χ4v) is 1.28. The van der Waals surface area contributed by atoms with Crippen molar-refractivity contribution in [3.8, 4) is 0 Å².